The Balaban J connectivity index is 1.56. The van der Waals surface area contributed by atoms with Gasteiger partial charge in [0.2, 0.25) is 0 Å². The minimum Gasteiger partial charge on any atom is -0.465 e. The standard InChI is InChI=1S/C22H22F3NO6S2/c1-21(2)10-14-16(15(27)11-21)19(34-17(14)18(28)30-3)33-9-8-31-20(29)26-12-4-6-13(7-5-12)32-22(23,24)25/h4-7H,8-11H2,1-3H3,(H,26,29). The van der Waals surface area contributed by atoms with Gasteiger partial charge in [0, 0.05) is 23.4 Å². The number of carbonyl (C=O) groups excluding carboxylic acids is 3. The molecule has 0 atom stereocenters. The summed E-state index contributed by atoms with van der Waals surface area (Å²) in [5, 5.41) is 2.40. The molecule has 2 aromatic rings. The van der Waals surface area contributed by atoms with E-state index in [0.29, 0.717) is 38.8 Å². The average Bonchev–Trinajstić information content (AvgIpc) is 3.08. The summed E-state index contributed by atoms with van der Waals surface area (Å²) in [5.41, 5.74) is 1.22. The van der Waals surface area contributed by atoms with Gasteiger partial charge in [-0.2, -0.15) is 0 Å². The molecule has 0 unspecified atom stereocenters. The number of hydrogen-bond acceptors (Lipinski definition) is 8. The van der Waals surface area contributed by atoms with E-state index in [9.17, 15) is 27.6 Å². The zero-order valence-electron chi connectivity index (χ0n) is 18.5. The Bertz CT molecular complexity index is 1080. The molecule has 1 aromatic carbocycles. The number of rotatable bonds is 7. The van der Waals surface area contributed by atoms with Crippen molar-refractivity contribution in [1.29, 1.82) is 0 Å². The van der Waals surface area contributed by atoms with Gasteiger partial charge in [-0.15, -0.1) is 36.3 Å². The molecule has 1 aliphatic rings. The van der Waals surface area contributed by atoms with Crippen molar-refractivity contribution in [2.75, 3.05) is 24.8 Å². The van der Waals surface area contributed by atoms with Crippen LogP contribution in [0.2, 0.25) is 0 Å². The molecule has 1 amide bonds. The smallest absolute Gasteiger partial charge is 0.465 e. The van der Waals surface area contributed by atoms with Crippen LogP contribution in [0.4, 0.5) is 23.7 Å². The second-order valence-corrected chi connectivity index (χ2v) is 10.6. The molecule has 7 nitrogen and oxygen atoms in total. The van der Waals surface area contributed by atoms with Crippen LogP contribution >= 0.6 is 23.1 Å². The van der Waals surface area contributed by atoms with E-state index >= 15 is 0 Å². The first-order chi connectivity index (χ1) is 15.9. The van der Waals surface area contributed by atoms with Crippen LogP contribution in [0.3, 0.4) is 0 Å². The van der Waals surface area contributed by atoms with Gasteiger partial charge in [0.05, 0.1) is 11.3 Å². The van der Waals surface area contributed by atoms with Crippen LogP contribution in [-0.4, -0.2) is 43.7 Å². The number of methoxy groups -OCH3 is 1. The molecule has 0 fully saturated rings. The number of amides is 1. The Kier molecular flexibility index (Phi) is 7.81. The van der Waals surface area contributed by atoms with Gasteiger partial charge in [0.25, 0.3) is 0 Å². The Morgan fingerprint density at radius 1 is 1.18 bits per heavy atom. The summed E-state index contributed by atoms with van der Waals surface area (Å²) in [4.78, 5) is 37.4. The second kappa shape index (κ2) is 10.3. The zero-order valence-corrected chi connectivity index (χ0v) is 20.2. The Morgan fingerprint density at radius 2 is 1.85 bits per heavy atom. The molecule has 184 valence electrons. The largest absolute Gasteiger partial charge is 0.573 e. The van der Waals surface area contributed by atoms with Gasteiger partial charge in [-0.05, 0) is 41.7 Å². The SMILES string of the molecule is COC(=O)c1sc(SCCOC(=O)Nc2ccc(OC(F)(F)F)cc2)c2c1CC(C)(C)CC2=O. The lowest BCUT2D eigenvalue weighted by atomic mass is 9.74. The maximum absolute atomic E-state index is 12.8. The maximum atomic E-state index is 12.8. The van der Waals surface area contributed by atoms with Crippen LogP contribution in [-0.2, 0) is 15.9 Å². The van der Waals surface area contributed by atoms with E-state index in [-0.39, 0.29) is 23.5 Å². The van der Waals surface area contributed by atoms with Crippen LogP contribution < -0.4 is 10.1 Å². The number of anilines is 1. The number of thiophene rings is 1. The number of alkyl halides is 3. The highest BCUT2D eigenvalue weighted by molar-refractivity contribution is 8.01. The highest BCUT2D eigenvalue weighted by Gasteiger charge is 2.37. The Labute approximate surface area is 201 Å². The molecule has 3 rings (SSSR count). The van der Waals surface area contributed by atoms with Crippen molar-refractivity contribution < 1.29 is 41.8 Å². The molecule has 0 radical (unpaired) electrons. The summed E-state index contributed by atoms with van der Waals surface area (Å²) in [6.45, 7) is 3.96. The first-order valence-corrected chi connectivity index (χ1v) is 11.9. The summed E-state index contributed by atoms with van der Waals surface area (Å²) >= 11 is 2.50. The number of ether oxygens (including phenoxy) is 3. The summed E-state index contributed by atoms with van der Waals surface area (Å²) in [6.07, 6.45) is -4.63. The van der Waals surface area contributed by atoms with E-state index in [1.54, 1.807) is 0 Å². The molecule has 0 saturated heterocycles. The van der Waals surface area contributed by atoms with Crippen molar-refractivity contribution in [2.24, 2.45) is 5.41 Å². The van der Waals surface area contributed by atoms with Gasteiger partial charge in [-0.3, -0.25) is 10.1 Å². The average molecular weight is 518 g/mol. The monoisotopic (exact) mass is 517 g/mol. The topological polar surface area (TPSA) is 90.9 Å². The minimum absolute atomic E-state index is 0.00564. The molecule has 0 saturated carbocycles. The fourth-order valence-corrected chi connectivity index (χ4v) is 5.94. The quantitative estimate of drug-likeness (QED) is 0.277. The highest BCUT2D eigenvalue weighted by atomic mass is 32.2. The van der Waals surface area contributed by atoms with Crippen LogP contribution in [0.5, 0.6) is 5.75 Å². The van der Waals surface area contributed by atoms with E-state index in [1.807, 2.05) is 13.8 Å². The lowest BCUT2D eigenvalue weighted by Crippen LogP contribution is -2.27. The first kappa shape index (κ1) is 25.9. The number of benzene rings is 1. The van der Waals surface area contributed by atoms with Crippen molar-refractivity contribution in [3.63, 3.8) is 0 Å². The third-order valence-electron chi connectivity index (χ3n) is 4.80. The minimum atomic E-state index is -4.80. The predicted molar refractivity (Wildman–Crippen MR) is 121 cm³/mol. The predicted octanol–water partition coefficient (Wildman–Crippen LogP) is 5.93. The van der Waals surface area contributed by atoms with E-state index in [1.165, 1.54) is 42.3 Å². The number of esters is 1. The molecule has 12 heteroatoms. The van der Waals surface area contributed by atoms with Crippen molar-refractivity contribution >= 4 is 46.6 Å². The zero-order chi connectivity index (χ0) is 25.1. The Hall–Kier alpha value is -2.73. The molecule has 0 bridgehead atoms. The summed E-state index contributed by atoms with van der Waals surface area (Å²) in [5.74, 6) is -0.597. The summed E-state index contributed by atoms with van der Waals surface area (Å²) in [7, 11) is 1.29. The number of hydrogen-bond donors (Lipinski definition) is 1. The third kappa shape index (κ3) is 6.66. The maximum Gasteiger partial charge on any atom is 0.573 e. The lowest BCUT2D eigenvalue weighted by Gasteiger charge is -2.29. The Morgan fingerprint density at radius 3 is 2.47 bits per heavy atom. The van der Waals surface area contributed by atoms with Crippen molar-refractivity contribution in [3.8, 4) is 5.75 Å². The number of nitrogens with one attached hydrogen (secondary N) is 1. The fraction of sp³-hybridized carbons (Fsp3) is 0.409. The molecule has 0 spiro atoms. The molecule has 1 N–H and O–H groups in total. The van der Waals surface area contributed by atoms with Crippen LogP contribution in [0, 0.1) is 5.41 Å². The molecule has 0 aliphatic heterocycles. The third-order valence-corrected chi connectivity index (χ3v) is 7.25. The second-order valence-electron chi connectivity index (χ2n) is 8.19. The van der Waals surface area contributed by atoms with Gasteiger partial charge in [-0.1, -0.05) is 13.8 Å². The van der Waals surface area contributed by atoms with Gasteiger partial charge in [0.1, 0.15) is 17.2 Å². The van der Waals surface area contributed by atoms with E-state index < -0.39 is 24.2 Å². The molecular formula is C22H22F3NO6S2. The molecule has 1 heterocycles. The molecular weight excluding hydrogens is 495 g/mol. The summed E-state index contributed by atoms with van der Waals surface area (Å²) in [6, 6.07) is 4.62. The number of Topliss-reactive ketones (excluding diaryl/α,β-unsaturated/α-hetero) is 1. The van der Waals surface area contributed by atoms with E-state index in [0.717, 1.165) is 12.1 Å². The van der Waals surface area contributed by atoms with Gasteiger partial charge >= 0.3 is 18.4 Å². The number of fused-ring (bicyclic) bond motifs is 1. The van der Waals surface area contributed by atoms with Crippen LogP contribution in [0.15, 0.2) is 28.5 Å². The fourth-order valence-electron chi connectivity index (χ4n) is 3.48. The molecule has 34 heavy (non-hydrogen) atoms. The normalized spacial score (nSPS) is 14.8. The summed E-state index contributed by atoms with van der Waals surface area (Å²) < 4.78 is 51.0. The van der Waals surface area contributed by atoms with Crippen molar-refractivity contribution in [1.82, 2.24) is 0 Å². The van der Waals surface area contributed by atoms with E-state index in [2.05, 4.69) is 10.1 Å². The van der Waals surface area contributed by atoms with Crippen molar-refractivity contribution in [2.45, 2.75) is 37.3 Å². The number of carbonyl (C=O) groups is 3. The van der Waals surface area contributed by atoms with Gasteiger partial charge in [0.15, 0.2) is 5.78 Å². The van der Waals surface area contributed by atoms with Gasteiger partial charge in [-0.25, -0.2) is 9.59 Å². The number of thioether (sulfide) groups is 1. The first-order valence-electron chi connectivity index (χ1n) is 10.1. The van der Waals surface area contributed by atoms with E-state index in [4.69, 9.17) is 9.47 Å². The van der Waals surface area contributed by atoms with Crippen molar-refractivity contribution in [3.05, 3.63) is 40.3 Å². The lowest BCUT2D eigenvalue weighted by molar-refractivity contribution is -0.274. The van der Waals surface area contributed by atoms with Gasteiger partial charge < -0.3 is 14.2 Å². The molecule has 1 aliphatic carbocycles. The van der Waals surface area contributed by atoms with Crippen LogP contribution in [0.1, 0.15) is 45.9 Å². The number of ketones is 1. The highest BCUT2D eigenvalue weighted by Crippen LogP contribution is 2.45. The number of halogens is 3. The molecule has 1 aromatic heterocycles. The van der Waals surface area contributed by atoms with Crippen LogP contribution in [0.25, 0.3) is 0 Å².